The van der Waals surface area contributed by atoms with E-state index in [0.29, 0.717) is 23.2 Å². The van der Waals surface area contributed by atoms with E-state index in [4.69, 9.17) is 22.6 Å². The Morgan fingerprint density at radius 3 is 2.76 bits per heavy atom. The molecule has 164 valence electrons. The fraction of sp³-hybridized carbons (Fsp3) is 0.240. The first-order chi connectivity index (χ1) is 16.2. The minimum atomic E-state index is 0.550. The molecule has 0 bridgehead atoms. The van der Waals surface area contributed by atoms with Crippen LogP contribution < -0.4 is 10.6 Å². The lowest BCUT2D eigenvalue weighted by Crippen LogP contribution is -2.22. The fourth-order valence-electron chi connectivity index (χ4n) is 4.94. The third-order valence-corrected chi connectivity index (χ3v) is 7.18. The highest BCUT2D eigenvalue weighted by Gasteiger charge is 2.27. The standard InChI is InChI=1S/C25H22ClN7/c26-24-21(18-3-1-16(11-27)2-4-18)10-23-25-30-29-15-33(25)22-6-5-20(9-19(22)14-32(23)24)31-8-7-17(12-28)13-31/h1-6,9-10,15,17H,7-8,12-14,28H2/t17-/m0/s1. The van der Waals surface area contributed by atoms with E-state index in [0.717, 1.165) is 60.0 Å². The highest BCUT2D eigenvalue weighted by Crippen LogP contribution is 2.40. The first-order valence-electron chi connectivity index (χ1n) is 11.0. The Kier molecular flexibility index (Phi) is 4.72. The highest BCUT2D eigenvalue weighted by molar-refractivity contribution is 6.32. The Hall–Kier alpha value is -3.60. The zero-order valence-electron chi connectivity index (χ0n) is 17.9. The van der Waals surface area contributed by atoms with E-state index in [2.05, 4.69) is 50.0 Å². The van der Waals surface area contributed by atoms with Crippen molar-refractivity contribution in [3.63, 3.8) is 0 Å². The Bertz CT molecular complexity index is 1390. The molecule has 1 fully saturated rings. The van der Waals surface area contributed by atoms with Crippen LogP contribution in [0.15, 0.2) is 54.9 Å². The van der Waals surface area contributed by atoms with Gasteiger partial charge in [-0.1, -0.05) is 23.7 Å². The number of aromatic nitrogens is 4. The molecule has 1 atom stereocenters. The molecule has 2 aliphatic heterocycles. The Labute approximate surface area is 196 Å². The van der Waals surface area contributed by atoms with Gasteiger partial charge < -0.3 is 15.2 Å². The van der Waals surface area contributed by atoms with Gasteiger partial charge in [-0.15, -0.1) is 10.2 Å². The van der Waals surface area contributed by atoms with E-state index in [9.17, 15) is 0 Å². The largest absolute Gasteiger partial charge is 0.371 e. The van der Waals surface area contributed by atoms with E-state index in [1.807, 2.05) is 28.8 Å². The lowest BCUT2D eigenvalue weighted by molar-refractivity contribution is 0.602. The molecule has 0 aliphatic carbocycles. The SMILES string of the molecule is N#Cc1ccc(-c2cc3n(c2Cl)Cc2cc(N4CC[C@@H](CN)C4)ccc2-n2cnnc2-3)cc1. The van der Waals surface area contributed by atoms with E-state index >= 15 is 0 Å². The van der Waals surface area contributed by atoms with Crippen LogP contribution in [0.3, 0.4) is 0 Å². The van der Waals surface area contributed by atoms with Crippen molar-refractivity contribution in [2.24, 2.45) is 11.7 Å². The predicted octanol–water partition coefficient (Wildman–Crippen LogP) is 4.07. The number of nitrogens with zero attached hydrogens (tertiary/aromatic N) is 6. The quantitative estimate of drug-likeness (QED) is 0.443. The Morgan fingerprint density at radius 1 is 1.15 bits per heavy atom. The summed E-state index contributed by atoms with van der Waals surface area (Å²) in [5.41, 5.74) is 12.7. The summed E-state index contributed by atoms with van der Waals surface area (Å²) in [6.45, 7) is 3.37. The van der Waals surface area contributed by atoms with E-state index in [1.54, 1.807) is 6.33 Å². The van der Waals surface area contributed by atoms with Gasteiger partial charge in [0.05, 0.1) is 29.6 Å². The molecule has 0 spiro atoms. The first-order valence-corrected chi connectivity index (χ1v) is 11.4. The third kappa shape index (κ3) is 3.22. The molecule has 0 unspecified atom stereocenters. The predicted molar refractivity (Wildman–Crippen MR) is 128 cm³/mol. The fourth-order valence-corrected chi connectivity index (χ4v) is 5.25. The average molecular weight is 456 g/mol. The van der Waals surface area contributed by atoms with E-state index in [-0.39, 0.29) is 0 Å². The summed E-state index contributed by atoms with van der Waals surface area (Å²) in [5, 5.41) is 18.4. The lowest BCUT2D eigenvalue weighted by Gasteiger charge is -2.21. The van der Waals surface area contributed by atoms with Crippen molar-refractivity contribution < 1.29 is 0 Å². The lowest BCUT2D eigenvalue weighted by atomic mass is 10.1. The summed E-state index contributed by atoms with van der Waals surface area (Å²) in [5.74, 6) is 1.31. The molecule has 8 heteroatoms. The van der Waals surface area contributed by atoms with Gasteiger partial charge in [-0.3, -0.25) is 4.57 Å². The number of anilines is 1. The molecule has 7 nitrogen and oxygen atoms in total. The molecule has 2 N–H and O–H groups in total. The molecular formula is C25H22ClN7. The summed E-state index contributed by atoms with van der Waals surface area (Å²) < 4.78 is 4.13. The highest BCUT2D eigenvalue weighted by atomic mass is 35.5. The smallest absolute Gasteiger partial charge is 0.185 e. The minimum Gasteiger partial charge on any atom is -0.371 e. The molecule has 1 saturated heterocycles. The van der Waals surface area contributed by atoms with Crippen LogP contribution in [0.1, 0.15) is 17.5 Å². The number of rotatable bonds is 3. The number of hydrogen-bond donors (Lipinski definition) is 1. The summed E-state index contributed by atoms with van der Waals surface area (Å²) in [4.78, 5) is 2.41. The molecular weight excluding hydrogens is 434 g/mol. The molecule has 6 rings (SSSR count). The maximum Gasteiger partial charge on any atom is 0.185 e. The zero-order valence-corrected chi connectivity index (χ0v) is 18.7. The molecule has 2 aromatic carbocycles. The molecule has 4 aromatic rings. The van der Waals surface area contributed by atoms with E-state index in [1.165, 1.54) is 5.69 Å². The van der Waals surface area contributed by atoms with Crippen LogP contribution in [-0.4, -0.2) is 39.0 Å². The van der Waals surface area contributed by atoms with Gasteiger partial charge in [-0.25, -0.2) is 0 Å². The van der Waals surface area contributed by atoms with Crippen molar-refractivity contribution in [3.8, 4) is 34.4 Å². The second-order valence-corrected chi connectivity index (χ2v) is 9.04. The van der Waals surface area contributed by atoms with Crippen molar-refractivity contribution in [1.29, 1.82) is 5.26 Å². The van der Waals surface area contributed by atoms with Gasteiger partial charge in [-0.2, -0.15) is 5.26 Å². The van der Waals surface area contributed by atoms with Gasteiger partial charge in [0.2, 0.25) is 0 Å². The van der Waals surface area contributed by atoms with Gasteiger partial charge in [-0.05, 0) is 66.4 Å². The Balaban J connectivity index is 1.45. The molecule has 2 aromatic heterocycles. The maximum absolute atomic E-state index is 9.12. The molecule has 0 amide bonds. The van der Waals surface area contributed by atoms with Crippen LogP contribution in [0.5, 0.6) is 0 Å². The van der Waals surface area contributed by atoms with Gasteiger partial charge in [0.1, 0.15) is 11.5 Å². The first kappa shape index (κ1) is 20.0. The van der Waals surface area contributed by atoms with Crippen molar-refractivity contribution in [2.75, 3.05) is 24.5 Å². The van der Waals surface area contributed by atoms with Gasteiger partial charge >= 0.3 is 0 Å². The van der Waals surface area contributed by atoms with Crippen LogP contribution in [0.2, 0.25) is 5.15 Å². The van der Waals surface area contributed by atoms with E-state index < -0.39 is 0 Å². The number of benzene rings is 2. The van der Waals surface area contributed by atoms with Crippen LogP contribution in [0.4, 0.5) is 5.69 Å². The summed E-state index contributed by atoms with van der Waals surface area (Å²) in [6.07, 6.45) is 2.89. The topological polar surface area (TPSA) is 88.7 Å². The number of hydrogen-bond acceptors (Lipinski definition) is 5. The van der Waals surface area contributed by atoms with Crippen molar-refractivity contribution in [2.45, 2.75) is 13.0 Å². The molecule has 2 aliphatic rings. The van der Waals surface area contributed by atoms with Crippen LogP contribution in [0.25, 0.3) is 28.3 Å². The van der Waals surface area contributed by atoms with Crippen LogP contribution in [-0.2, 0) is 6.54 Å². The summed E-state index contributed by atoms with van der Waals surface area (Å²) in [7, 11) is 0. The second kappa shape index (κ2) is 7.77. The molecule has 0 saturated carbocycles. The summed E-state index contributed by atoms with van der Waals surface area (Å²) >= 11 is 6.94. The summed E-state index contributed by atoms with van der Waals surface area (Å²) in [6, 6.07) is 18.3. The van der Waals surface area contributed by atoms with Gasteiger partial charge in [0, 0.05) is 24.3 Å². The normalized spacial score (nSPS) is 16.6. The maximum atomic E-state index is 9.12. The third-order valence-electron chi connectivity index (χ3n) is 6.77. The van der Waals surface area contributed by atoms with Gasteiger partial charge in [0.25, 0.3) is 0 Å². The number of halogens is 1. The Morgan fingerprint density at radius 2 is 2.00 bits per heavy atom. The number of fused-ring (bicyclic) bond motifs is 5. The molecule has 4 heterocycles. The molecule has 0 radical (unpaired) electrons. The van der Waals surface area contributed by atoms with Crippen molar-refractivity contribution in [1.82, 2.24) is 19.3 Å². The monoisotopic (exact) mass is 455 g/mol. The van der Waals surface area contributed by atoms with Crippen molar-refractivity contribution >= 4 is 17.3 Å². The van der Waals surface area contributed by atoms with Gasteiger partial charge in [0.15, 0.2) is 5.82 Å². The van der Waals surface area contributed by atoms with Crippen LogP contribution in [0, 0.1) is 17.2 Å². The zero-order chi connectivity index (χ0) is 22.5. The molecule has 33 heavy (non-hydrogen) atoms. The number of nitrogens with two attached hydrogens (primary N) is 1. The number of nitriles is 1. The van der Waals surface area contributed by atoms with Crippen LogP contribution >= 0.6 is 11.6 Å². The second-order valence-electron chi connectivity index (χ2n) is 8.68. The minimum absolute atomic E-state index is 0.550. The van der Waals surface area contributed by atoms with Crippen molar-refractivity contribution in [3.05, 3.63) is 71.1 Å². The average Bonchev–Trinajstić information content (AvgIpc) is 3.57.